The van der Waals surface area contributed by atoms with Crippen LogP contribution < -0.4 is 0 Å². The Morgan fingerprint density at radius 3 is 2.67 bits per heavy atom. The van der Waals surface area contributed by atoms with E-state index in [-0.39, 0.29) is 0 Å². The summed E-state index contributed by atoms with van der Waals surface area (Å²) in [5.74, 6) is 0.777. The molecule has 0 saturated carbocycles. The summed E-state index contributed by atoms with van der Waals surface area (Å²) in [4.78, 5) is 12.1. The third-order valence-corrected chi connectivity index (χ3v) is 2.85. The number of hydrogen-bond acceptors (Lipinski definition) is 2. The zero-order chi connectivity index (χ0) is 12.4. The average molecular weight is 235 g/mol. The number of para-hydroxylation sites is 3. The molecule has 1 heterocycles. The Labute approximate surface area is 105 Å². The van der Waals surface area contributed by atoms with E-state index in [1.54, 1.807) is 6.21 Å². The van der Waals surface area contributed by atoms with Crippen LogP contribution in [0.25, 0.3) is 11.0 Å². The van der Waals surface area contributed by atoms with Crippen molar-refractivity contribution in [3.05, 3.63) is 59.9 Å². The molecule has 0 saturated heterocycles. The van der Waals surface area contributed by atoms with Crippen molar-refractivity contribution in [1.29, 1.82) is 0 Å². The Bertz CT molecular complexity index is 677. The van der Waals surface area contributed by atoms with E-state index in [1.807, 2.05) is 55.5 Å². The average Bonchev–Trinajstić information content (AvgIpc) is 2.80. The molecule has 3 heteroatoms. The molecule has 88 valence electrons. The topological polar surface area (TPSA) is 41.0 Å². The first-order valence-electron chi connectivity index (χ1n) is 5.87. The summed E-state index contributed by atoms with van der Waals surface area (Å²) in [5, 5.41) is 0. The molecule has 0 aliphatic carbocycles. The minimum atomic E-state index is 0.777. The molecule has 0 bridgehead atoms. The lowest BCUT2D eigenvalue weighted by molar-refractivity contribution is 1.29. The van der Waals surface area contributed by atoms with Crippen LogP contribution in [-0.4, -0.2) is 16.2 Å². The van der Waals surface area contributed by atoms with Crippen LogP contribution in [0.3, 0.4) is 0 Å². The van der Waals surface area contributed by atoms with Crippen molar-refractivity contribution in [3.63, 3.8) is 0 Å². The van der Waals surface area contributed by atoms with Crippen molar-refractivity contribution >= 4 is 22.9 Å². The highest BCUT2D eigenvalue weighted by Crippen LogP contribution is 2.17. The van der Waals surface area contributed by atoms with Crippen molar-refractivity contribution in [2.75, 3.05) is 0 Å². The fraction of sp³-hybridized carbons (Fsp3) is 0.0667. The van der Waals surface area contributed by atoms with Gasteiger partial charge in [-0.3, -0.25) is 4.99 Å². The van der Waals surface area contributed by atoms with Gasteiger partial charge in [-0.25, -0.2) is 4.98 Å². The summed E-state index contributed by atoms with van der Waals surface area (Å²) in [7, 11) is 0. The largest absolute Gasteiger partial charge is 0.337 e. The van der Waals surface area contributed by atoms with Gasteiger partial charge in [-0.2, -0.15) is 0 Å². The van der Waals surface area contributed by atoms with Gasteiger partial charge in [-0.1, -0.05) is 30.3 Å². The van der Waals surface area contributed by atoms with E-state index in [0.717, 1.165) is 28.1 Å². The molecule has 3 aromatic rings. The van der Waals surface area contributed by atoms with Crippen LogP contribution in [0, 0.1) is 6.92 Å². The van der Waals surface area contributed by atoms with Gasteiger partial charge in [0.25, 0.3) is 0 Å². The van der Waals surface area contributed by atoms with E-state index < -0.39 is 0 Å². The number of aryl methyl sites for hydroxylation is 1. The van der Waals surface area contributed by atoms with E-state index in [2.05, 4.69) is 15.0 Å². The summed E-state index contributed by atoms with van der Waals surface area (Å²) >= 11 is 0. The van der Waals surface area contributed by atoms with Gasteiger partial charge in [0.2, 0.25) is 0 Å². The lowest BCUT2D eigenvalue weighted by Gasteiger charge is -1.96. The van der Waals surface area contributed by atoms with E-state index >= 15 is 0 Å². The molecule has 1 N–H and O–H groups in total. The molecule has 0 radical (unpaired) electrons. The highest BCUT2D eigenvalue weighted by Gasteiger charge is 1.99. The smallest absolute Gasteiger partial charge is 0.149 e. The minimum Gasteiger partial charge on any atom is -0.337 e. The van der Waals surface area contributed by atoms with Crippen molar-refractivity contribution < 1.29 is 0 Å². The van der Waals surface area contributed by atoms with Gasteiger partial charge < -0.3 is 4.98 Å². The first-order valence-corrected chi connectivity index (χ1v) is 5.87. The number of aliphatic imine (C=N–C) groups is 1. The maximum absolute atomic E-state index is 4.45. The summed E-state index contributed by atoms with van der Waals surface area (Å²) in [6.45, 7) is 2.05. The van der Waals surface area contributed by atoms with E-state index in [0.29, 0.717) is 0 Å². The van der Waals surface area contributed by atoms with Crippen LogP contribution in [0.4, 0.5) is 5.69 Å². The van der Waals surface area contributed by atoms with Crippen molar-refractivity contribution in [2.45, 2.75) is 6.92 Å². The Kier molecular flexibility index (Phi) is 2.65. The summed E-state index contributed by atoms with van der Waals surface area (Å²) in [6, 6.07) is 16.0. The van der Waals surface area contributed by atoms with Gasteiger partial charge in [-0.15, -0.1) is 0 Å². The normalized spacial score (nSPS) is 11.4. The van der Waals surface area contributed by atoms with Crippen molar-refractivity contribution in [3.8, 4) is 0 Å². The van der Waals surface area contributed by atoms with Crippen LogP contribution in [0.15, 0.2) is 53.5 Å². The fourth-order valence-corrected chi connectivity index (χ4v) is 1.87. The maximum Gasteiger partial charge on any atom is 0.149 e. The lowest BCUT2D eigenvalue weighted by Crippen LogP contribution is -1.83. The second-order valence-corrected chi connectivity index (χ2v) is 4.18. The molecule has 0 spiro atoms. The number of H-pyrrole nitrogens is 1. The number of benzene rings is 2. The third-order valence-electron chi connectivity index (χ3n) is 2.85. The quantitative estimate of drug-likeness (QED) is 0.677. The first kappa shape index (κ1) is 10.7. The van der Waals surface area contributed by atoms with E-state index in [9.17, 15) is 0 Å². The molecular formula is C15H13N3. The maximum atomic E-state index is 4.45. The number of nitrogens with one attached hydrogen (secondary N) is 1. The number of aromatic nitrogens is 2. The molecule has 2 aromatic carbocycles. The number of aromatic amines is 1. The molecule has 3 rings (SSSR count). The summed E-state index contributed by atoms with van der Waals surface area (Å²) in [6.07, 6.45) is 1.77. The van der Waals surface area contributed by atoms with Gasteiger partial charge in [0.1, 0.15) is 5.82 Å². The Morgan fingerprint density at radius 2 is 1.83 bits per heavy atom. The molecule has 0 unspecified atom stereocenters. The first-order chi connectivity index (χ1) is 8.83. The second kappa shape index (κ2) is 4.45. The highest BCUT2D eigenvalue weighted by atomic mass is 14.9. The van der Waals surface area contributed by atoms with Crippen molar-refractivity contribution in [2.24, 2.45) is 4.99 Å². The Hall–Kier alpha value is -2.42. The van der Waals surface area contributed by atoms with Crippen LogP contribution >= 0.6 is 0 Å². The number of hydrogen-bond donors (Lipinski definition) is 1. The second-order valence-electron chi connectivity index (χ2n) is 4.18. The van der Waals surface area contributed by atoms with Gasteiger partial charge in [-0.05, 0) is 30.7 Å². The standard InChI is InChI=1S/C15H13N3/c1-11-6-2-3-7-12(11)16-10-15-17-13-8-4-5-9-14(13)18-15/h2-10H,1H3,(H,17,18). The summed E-state index contributed by atoms with van der Waals surface area (Å²) < 4.78 is 0. The molecular weight excluding hydrogens is 222 g/mol. The molecule has 0 amide bonds. The summed E-state index contributed by atoms with van der Waals surface area (Å²) in [5.41, 5.74) is 4.12. The van der Waals surface area contributed by atoms with E-state index in [1.165, 1.54) is 0 Å². The number of nitrogens with zero attached hydrogens (tertiary/aromatic N) is 2. The van der Waals surface area contributed by atoms with Gasteiger partial charge in [0.05, 0.1) is 22.9 Å². The van der Waals surface area contributed by atoms with Crippen LogP contribution in [0.2, 0.25) is 0 Å². The number of imidazole rings is 1. The van der Waals surface area contributed by atoms with Gasteiger partial charge in [0.15, 0.2) is 0 Å². The van der Waals surface area contributed by atoms with Crippen LogP contribution in [-0.2, 0) is 0 Å². The Balaban J connectivity index is 1.95. The van der Waals surface area contributed by atoms with Crippen LogP contribution in [0.1, 0.15) is 11.4 Å². The lowest BCUT2D eigenvalue weighted by atomic mass is 10.2. The van der Waals surface area contributed by atoms with Gasteiger partial charge in [0, 0.05) is 0 Å². The molecule has 0 atom stereocenters. The molecule has 1 aromatic heterocycles. The highest BCUT2D eigenvalue weighted by molar-refractivity contribution is 5.85. The zero-order valence-electron chi connectivity index (χ0n) is 10.1. The molecule has 0 fully saturated rings. The fourth-order valence-electron chi connectivity index (χ4n) is 1.87. The van der Waals surface area contributed by atoms with Gasteiger partial charge >= 0.3 is 0 Å². The third kappa shape index (κ3) is 2.02. The Morgan fingerprint density at radius 1 is 1.06 bits per heavy atom. The van der Waals surface area contributed by atoms with E-state index in [4.69, 9.17) is 0 Å². The predicted molar refractivity (Wildman–Crippen MR) is 74.5 cm³/mol. The molecule has 0 aliphatic rings. The minimum absolute atomic E-state index is 0.777. The molecule has 0 aliphatic heterocycles. The molecule has 18 heavy (non-hydrogen) atoms. The zero-order valence-corrected chi connectivity index (χ0v) is 10.1. The monoisotopic (exact) mass is 235 g/mol. The number of fused-ring (bicyclic) bond motifs is 1. The van der Waals surface area contributed by atoms with Crippen molar-refractivity contribution in [1.82, 2.24) is 9.97 Å². The molecule has 3 nitrogen and oxygen atoms in total. The predicted octanol–water partition coefficient (Wildman–Crippen LogP) is 3.62. The SMILES string of the molecule is Cc1ccccc1N=Cc1nc2ccccc2[nH]1. The van der Waals surface area contributed by atoms with Crippen LogP contribution in [0.5, 0.6) is 0 Å². The number of rotatable bonds is 2.